The first-order chi connectivity index (χ1) is 11.2. The Balaban J connectivity index is 2.15. The van der Waals surface area contributed by atoms with Crippen LogP contribution in [0.3, 0.4) is 0 Å². The van der Waals surface area contributed by atoms with Gasteiger partial charge in [0.2, 0.25) is 0 Å². The van der Waals surface area contributed by atoms with Gasteiger partial charge in [-0.3, -0.25) is 9.36 Å². The summed E-state index contributed by atoms with van der Waals surface area (Å²) < 4.78 is 1.48. The van der Waals surface area contributed by atoms with Gasteiger partial charge in [-0.05, 0) is 37.1 Å². The summed E-state index contributed by atoms with van der Waals surface area (Å²) in [7, 11) is 0. The molecule has 1 aliphatic carbocycles. The van der Waals surface area contributed by atoms with Crippen molar-refractivity contribution in [2.75, 3.05) is 0 Å². The summed E-state index contributed by atoms with van der Waals surface area (Å²) in [6.07, 6.45) is 2.25. The Hall–Kier alpha value is -2.64. The molecule has 1 saturated carbocycles. The molecule has 0 spiro atoms. The van der Waals surface area contributed by atoms with Gasteiger partial charge in [-0.15, -0.1) is 0 Å². The molecule has 0 saturated heterocycles. The third kappa shape index (κ3) is 2.21. The zero-order valence-corrected chi connectivity index (χ0v) is 12.9. The summed E-state index contributed by atoms with van der Waals surface area (Å²) in [6, 6.07) is 14.9. The van der Waals surface area contributed by atoms with E-state index in [0.29, 0.717) is 22.6 Å². The van der Waals surface area contributed by atoms with E-state index in [4.69, 9.17) is 11.6 Å². The van der Waals surface area contributed by atoms with Gasteiger partial charge in [0.05, 0.1) is 10.7 Å². The fourth-order valence-electron chi connectivity index (χ4n) is 2.76. The lowest BCUT2D eigenvalue weighted by Crippen LogP contribution is -2.23. The van der Waals surface area contributed by atoms with E-state index in [9.17, 15) is 10.1 Å². The number of hydrogen-bond donors (Lipinski definition) is 0. The molecule has 4 rings (SSSR count). The maximum Gasteiger partial charge on any atom is 0.276 e. The normalized spacial score (nSPS) is 13.9. The third-order valence-electron chi connectivity index (χ3n) is 4.10. The topological polar surface area (TPSA) is 58.7 Å². The van der Waals surface area contributed by atoms with Gasteiger partial charge in [0, 0.05) is 17.0 Å². The molecule has 112 valence electrons. The van der Waals surface area contributed by atoms with Gasteiger partial charge in [0.15, 0.2) is 0 Å². The molecule has 0 atom stereocenters. The molecule has 2 aromatic heterocycles. The van der Waals surface area contributed by atoms with Crippen LogP contribution in [0, 0.1) is 11.3 Å². The van der Waals surface area contributed by atoms with Crippen LogP contribution in [0.4, 0.5) is 0 Å². The number of aromatic nitrogens is 2. The van der Waals surface area contributed by atoms with Gasteiger partial charge in [0.1, 0.15) is 17.3 Å². The maximum atomic E-state index is 12.7. The Labute approximate surface area is 137 Å². The SMILES string of the molecule is N#Cc1c(Cl)c2ccc(C3CC3)nc2n(-c2ccccc2)c1=O. The van der Waals surface area contributed by atoms with E-state index < -0.39 is 5.56 Å². The summed E-state index contributed by atoms with van der Waals surface area (Å²) in [5.41, 5.74) is 1.67. The number of nitrogens with zero attached hydrogens (tertiary/aromatic N) is 3. The highest BCUT2D eigenvalue weighted by Crippen LogP contribution is 2.40. The Morgan fingerprint density at radius 1 is 1.17 bits per heavy atom. The van der Waals surface area contributed by atoms with Crippen LogP contribution >= 0.6 is 11.6 Å². The van der Waals surface area contributed by atoms with E-state index >= 15 is 0 Å². The molecule has 5 heteroatoms. The van der Waals surface area contributed by atoms with Gasteiger partial charge < -0.3 is 0 Å². The Bertz CT molecular complexity index is 1010. The highest BCUT2D eigenvalue weighted by atomic mass is 35.5. The molecule has 0 aliphatic heterocycles. The van der Waals surface area contributed by atoms with E-state index in [-0.39, 0.29) is 10.6 Å². The lowest BCUT2D eigenvalue weighted by molar-refractivity contribution is 0.969. The molecular formula is C18H12ClN3O. The van der Waals surface area contributed by atoms with Crippen molar-refractivity contribution in [3.05, 3.63) is 69.1 Å². The van der Waals surface area contributed by atoms with Crippen LogP contribution in [0.15, 0.2) is 47.3 Å². The second kappa shape index (κ2) is 5.22. The summed E-state index contributed by atoms with van der Waals surface area (Å²) in [4.78, 5) is 17.4. The van der Waals surface area contributed by atoms with Crippen molar-refractivity contribution >= 4 is 22.6 Å². The molecule has 1 aliphatic rings. The minimum atomic E-state index is -0.434. The summed E-state index contributed by atoms with van der Waals surface area (Å²) in [6.45, 7) is 0. The van der Waals surface area contributed by atoms with E-state index in [0.717, 1.165) is 18.5 Å². The number of halogens is 1. The van der Waals surface area contributed by atoms with Crippen molar-refractivity contribution in [2.45, 2.75) is 18.8 Å². The molecular weight excluding hydrogens is 310 g/mol. The molecule has 1 fully saturated rings. The molecule has 4 nitrogen and oxygen atoms in total. The van der Waals surface area contributed by atoms with Gasteiger partial charge >= 0.3 is 0 Å². The second-order valence-corrected chi connectivity index (χ2v) is 6.04. The number of pyridine rings is 2. The molecule has 0 radical (unpaired) electrons. The van der Waals surface area contributed by atoms with Crippen LogP contribution in [0.5, 0.6) is 0 Å². The maximum absolute atomic E-state index is 12.7. The number of hydrogen-bond acceptors (Lipinski definition) is 3. The standard InChI is InChI=1S/C18H12ClN3O/c19-16-13-8-9-15(11-6-7-11)21-17(13)22(18(23)14(16)10-20)12-4-2-1-3-5-12/h1-5,8-9,11H,6-7H2. The Kier molecular flexibility index (Phi) is 3.17. The van der Waals surface area contributed by atoms with E-state index in [1.54, 1.807) is 0 Å². The average molecular weight is 322 g/mol. The number of rotatable bonds is 2. The quantitative estimate of drug-likeness (QED) is 0.721. The largest absolute Gasteiger partial charge is 0.276 e. The molecule has 0 unspecified atom stereocenters. The van der Waals surface area contributed by atoms with E-state index in [1.807, 2.05) is 48.5 Å². The molecule has 2 heterocycles. The van der Waals surface area contributed by atoms with Crippen molar-refractivity contribution in [3.63, 3.8) is 0 Å². The molecule has 3 aromatic rings. The van der Waals surface area contributed by atoms with E-state index in [2.05, 4.69) is 4.98 Å². The smallest absolute Gasteiger partial charge is 0.267 e. The first-order valence-electron chi connectivity index (χ1n) is 7.41. The van der Waals surface area contributed by atoms with Crippen LogP contribution in [-0.2, 0) is 0 Å². The number of nitriles is 1. The molecule has 0 bridgehead atoms. The minimum Gasteiger partial charge on any atom is -0.267 e. The summed E-state index contributed by atoms with van der Waals surface area (Å²) in [5, 5.41) is 10.1. The van der Waals surface area contributed by atoms with Crippen LogP contribution in [0.25, 0.3) is 16.7 Å². The fourth-order valence-corrected chi connectivity index (χ4v) is 3.03. The summed E-state index contributed by atoms with van der Waals surface area (Å²) in [5.74, 6) is 0.466. The van der Waals surface area contributed by atoms with E-state index in [1.165, 1.54) is 4.57 Å². The van der Waals surface area contributed by atoms with Crippen molar-refractivity contribution in [3.8, 4) is 11.8 Å². The summed E-state index contributed by atoms with van der Waals surface area (Å²) >= 11 is 6.28. The molecule has 0 amide bonds. The first-order valence-corrected chi connectivity index (χ1v) is 7.79. The predicted octanol–water partition coefficient (Wildman–Crippen LogP) is 3.79. The highest BCUT2D eigenvalue weighted by Gasteiger charge is 2.26. The van der Waals surface area contributed by atoms with Crippen LogP contribution in [-0.4, -0.2) is 9.55 Å². The number of fused-ring (bicyclic) bond motifs is 1. The van der Waals surface area contributed by atoms with Gasteiger partial charge in [0.25, 0.3) is 5.56 Å². The Morgan fingerprint density at radius 2 is 1.91 bits per heavy atom. The lowest BCUT2D eigenvalue weighted by Gasteiger charge is -2.13. The predicted molar refractivity (Wildman–Crippen MR) is 89.0 cm³/mol. The van der Waals surface area contributed by atoms with Crippen LogP contribution < -0.4 is 5.56 Å². The lowest BCUT2D eigenvalue weighted by atomic mass is 10.1. The Morgan fingerprint density at radius 3 is 2.57 bits per heavy atom. The van der Waals surface area contributed by atoms with Gasteiger partial charge in [-0.25, -0.2) is 4.98 Å². The van der Waals surface area contributed by atoms with Crippen molar-refractivity contribution < 1.29 is 0 Å². The van der Waals surface area contributed by atoms with Gasteiger partial charge in [-0.2, -0.15) is 5.26 Å². The average Bonchev–Trinajstić information content (AvgIpc) is 3.41. The number of para-hydroxylation sites is 1. The molecule has 23 heavy (non-hydrogen) atoms. The number of benzene rings is 1. The third-order valence-corrected chi connectivity index (χ3v) is 4.50. The van der Waals surface area contributed by atoms with Crippen molar-refractivity contribution in [2.24, 2.45) is 0 Å². The minimum absolute atomic E-state index is 0.0519. The van der Waals surface area contributed by atoms with Crippen molar-refractivity contribution in [1.29, 1.82) is 5.26 Å². The zero-order chi connectivity index (χ0) is 16.0. The van der Waals surface area contributed by atoms with Crippen LogP contribution in [0.1, 0.15) is 30.0 Å². The first kappa shape index (κ1) is 14.0. The molecule has 1 aromatic carbocycles. The van der Waals surface area contributed by atoms with Crippen molar-refractivity contribution in [1.82, 2.24) is 9.55 Å². The van der Waals surface area contributed by atoms with Crippen LogP contribution in [0.2, 0.25) is 5.02 Å². The zero-order valence-electron chi connectivity index (χ0n) is 12.2. The van der Waals surface area contributed by atoms with Gasteiger partial charge in [-0.1, -0.05) is 29.8 Å². The fraction of sp³-hybridized carbons (Fsp3) is 0.167. The monoisotopic (exact) mass is 321 g/mol. The second-order valence-electron chi connectivity index (χ2n) is 5.66. The highest BCUT2D eigenvalue weighted by molar-refractivity contribution is 6.36. The molecule has 0 N–H and O–H groups in total.